The fraction of sp³-hybridized carbons (Fsp3) is 0.579. The molecular weight excluding hydrogens is 318 g/mol. The van der Waals surface area contributed by atoms with Crippen LogP contribution in [0.3, 0.4) is 0 Å². The second-order valence-electron chi connectivity index (χ2n) is 6.80. The van der Waals surface area contributed by atoms with Crippen molar-refractivity contribution in [2.75, 3.05) is 44.7 Å². The number of hydrogen-bond acceptors (Lipinski definition) is 4. The van der Waals surface area contributed by atoms with Gasteiger partial charge in [-0.15, -0.1) is 0 Å². The number of ether oxygens (including phenoxy) is 1. The van der Waals surface area contributed by atoms with Gasteiger partial charge in [-0.1, -0.05) is 6.07 Å². The SMILES string of the molecule is COc1cccc(N2C[C@@H](C(=O)NCCCN3CCCC3)CC2=O)c1. The Kier molecular flexibility index (Phi) is 5.91. The number of nitrogens with zero attached hydrogens (tertiary/aromatic N) is 2. The molecule has 0 unspecified atom stereocenters. The normalized spacial score (nSPS) is 20.9. The van der Waals surface area contributed by atoms with Crippen LogP contribution < -0.4 is 15.0 Å². The van der Waals surface area contributed by atoms with Gasteiger partial charge in [0.25, 0.3) is 0 Å². The molecule has 2 amide bonds. The molecule has 0 bridgehead atoms. The van der Waals surface area contributed by atoms with Gasteiger partial charge in [0, 0.05) is 31.3 Å². The van der Waals surface area contributed by atoms with E-state index >= 15 is 0 Å². The van der Waals surface area contributed by atoms with Crippen LogP contribution in [0.15, 0.2) is 24.3 Å². The van der Waals surface area contributed by atoms with Crippen LogP contribution in [0.2, 0.25) is 0 Å². The zero-order valence-corrected chi connectivity index (χ0v) is 14.9. The number of methoxy groups -OCH3 is 1. The number of carbonyl (C=O) groups excluding carboxylic acids is 2. The summed E-state index contributed by atoms with van der Waals surface area (Å²) in [5.41, 5.74) is 0.786. The number of likely N-dealkylation sites (tertiary alicyclic amines) is 1. The minimum Gasteiger partial charge on any atom is -0.497 e. The monoisotopic (exact) mass is 345 g/mol. The molecule has 0 aliphatic carbocycles. The molecule has 1 atom stereocenters. The van der Waals surface area contributed by atoms with Crippen molar-refractivity contribution in [3.05, 3.63) is 24.3 Å². The van der Waals surface area contributed by atoms with E-state index in [2.05, 4.69) is 10.2 Å². The molecule has 0 radical (unpaired) electrons. The number of benzene rings is 1. The maximum atomic E-state index is 12.4. The highest BCUT2D eigenvalue weighted by atomic mass is 16.5. The summed E-state index contributed by atoms with van der Waals surface area (Å²) in [4.78, 5) is 28.8. The maximum absolute atomic E-state index is 12.4. The lowest BCUT2D eigenvalue weighted by Crippen LogP contribution is -2.34. The van der Waals surface area contributed by atoms with E-state index in [-0.39, 0.29) is 24.2 Å². The number of rotatable bonds is 7. The first-order valence-electron chi connectivity index (χ1n) is 9.12. The Morgan fingerprint density at radius 3 is 2.88 bits per heavy atom. The molecule has 1 aromatic carbocycles. The van der Waals surface area contributed by atoms with Crippen molar-refractivity contribution in [1.29, 1.82) is 0 Å². The largest absolute Gasteiger partial charge is 0.497 e. The van der Waals surface area contributed by atoms with Gasteiger partial charge in [0.05, 0.1) is 13.0 Å². The molecule has 1 N–H and O–H groups in total. The molecule has 0 aromatic heterocycles. The Balaban J connectivity index is 1.46. The summed E-state index contributed by atoms with van der Waals surface area (Å²) in [5.74, 6) is 0.413. The van der Waals surface area contributed by atoms with Crippen LogP contribution in [0.25, 0.3) is 0 Å². The van der Waals surface area contributed by atoms with Gasteiger partial charge in [0.1, 0.15) is 5.75 Å². The molecule has 0 saturated carbocycles. The average Bonchev–Trinajstić information content (AvgIpc) is 3.28. The maximum Gasteiger partial charge on any atom is 0.227 e. The zero-order chi connectivity index (χ0) is 17.6. The molecule has 2 saturated heterocycles. The molecule has 2 aliphatic rings. The highest BCUT2D eigenvalue weighted by Gasteiger charge is 2.35. The van der Waals surface area contributed by atoms with Crippen molar-refractivity contribution in [2.45, 2.75) is 25.7 Å². The third kappa shape index (κ3) is 4.51. The van der Waals surface area contributed by atoms with Gasteiger partial charge in [-0.25, -0.2) is 0 Å². The second-order valence-corrected chi connectivity index (χ2v) is 6.80. The van der Waals surface area contributed by atoms with E-state index in [1.54, 1.807) is 12.0 Å². The van der Waals surface area contributed by atoms with E-state index in [0.29, 0.717) is 18.8 Å². The Bertz CT molecular complexity index is 614. The van der Waals surface area contributed by atoms with E-state index in [1.165, 1.54) is 25.9 Å². The number of hydrogen-bond donors (Lipinski definition) is 1. The van der Waals surface area contributed by atoms with Gasteiger partial charge in [0.2, 0.25) is 11.8 Å². The predicted molar refractivity (Wildman–Crippen MR) is 96.8 cm³/mol. The Hall–Kier alpha value is -2.08. The quantitative estimate of drug-likeness (QED) is 0.764. The fourth-order valence-corrected chi connectivity index (χ4v) is 3.58. The number of amides is 2. The van der Waals surface area contributed by atoms with Gasteiger partial charge < -0.3 is 19.9 Å². The van der Waals surface area contributed by atoms with E-state index in [1.807, 2.05) is 24.3 Å². The third-order valence-electron chi connectivity index (χ3n) is 5.01. The summed E-state index contributed by atoms with van der Waals surface area (Å²) in [6.45, 7) is 4.52. The molecule has 0 spiro atoms. The van der Waals surface area contributed by atoms with Crippen LogP contribution in [-0.2, 0) is 9.59 Å². The van der Waals surface area contributed by atoms with Crippen molar-refractivity contribution in [2.24, 2.45) is 5.92 Å². The van der Waals surface area contributed by atoms with Crippen LogP contribution in [0, 0.1) is 5.92 Å². The molecule has 2 aliphatic heterocycles. The minimum atomic E-state index is -0.273. The van der Waals surface area contributed by atoms with Crippen LogP contribution in [0.1, 0.15) is 25.7 Å². The first kappa shape index (κ1) is 17.7. The lowest BCUT2D eigenvalue weighted by atomic mass is 10.1. The predicted octanol–water partition coefficient (Wildman–Crippen LogP) is 1.65. The summed E-state index contributed by atoms with van der Waals surface area (Å²) in [5, 5.41) is 2.99. The van der Waals surface area contributed by atoms with E-state index in [9.17, 15) is 9.59 Å². The van der Waals surface area contributed by atoms with Crippen molar-refractivity contribution >= 4 is 17.5 Å². The van der Waals surface area contributed by atoms with E-state index < -0.39 is 0 Å². The molecular formula is C19H27N3O3. The number of nitrogens with one attached hydrogen (secondary N) is 1. The van der Waals surface area contributed by atoms with Gasteiger partial charge in [-0.05, 0) is 51.0 Å². The Morgan fingerprint density at radius 1 is 1.32 bits per heavy atom. The summed E-state index contributed by atoms with van der Waals surface area (Å²) >= 11 is 0. The van der Waals surface area contributed by atoms with Crippen molar-refractivity contribution in [3.63, 3.8) is 0 Å². The highest BCUT2D eigenvalue weighted by Crippen LogP contribution is 2.27. The molecule has 6 heteroatoms. The van der Waals surface area contributed by atoms with Crippen molar-refractivity contribution < 1.29 is 14.3 Å². The number of anilines is 1. The van der Waals surface area contributed by atoms with Crippen molar-refractivity contribution in [1.82, 2.24) is 10.2 Å². The summed E-state index contributed by atoms with van der Waals surface area (Å²) in [6.07, 6.45) is 3.81. The van der Waals surface area contributed by atoms with Gasteiger partial charge in [0.15, 0.2) is 0 Å². The first-order chi connectivity index (χ1) is 12.2. The summed E-state index contributed by atoms with van der Waals surface area (Å²) < 4.78 is 5.21. The van der Waals surface area contributed by atoms with E-state index in [4.69, 9.17) is 4.74 Å². The van der Waals surface area contributed by atoms with Crippen LogP contribution in [0.5, 0.6) is 5.75 Å². The lowest BCUT2D eigenvalue weighted by molar-refractivity contribution is -0.126. The average molecular weight is 345 g/mol. The van der Waals surface area contributed by atoms with Gasteiger partial charge in [-0.2, -0.15) is 0 Å². The second kappa shape index (κ2) is 8.34. The highest BCUT2D eigenvalue weighted by molar-refractivity contribution is 6.00. The van der Waals surface area contributed by atoms with Crippen LogP contribution in [-0.4, -0.2) is 56.5 Å². The molecule has 6 nitrogen and oxygen atoms in total. The summed E-state index contributed by atoms with van der Waals surface area (Å²) in [6, 6.07) is 7.40. The molecule has 136 valence electrons. The Morgan fingerprint density at radius 2 is 2.12 bits per heavy atom. The van der Waals surface area contributed by atoms with Crippen molar-refractivity contribution in [3.8, 4) is 5.75 Å². The van der Waals surface area contributed by atoms with Gasteiger partial charge >= 0.3 is 0 Å². The molecule has 3 rings (SSSR count). The number of carbonyl (C=O) groups is 2. The summed E-state index contributed by atoms with van der Waals surface area (Å²) in [7, 11) is 1.60. The minimum absolute atomic E-state index is 0.00882. The molecule has 1 aromatic rings. The molecule has 25 heavy (non-hydrogen) atoms. The molecule has 2 fully saturated rings. The molecule has 2 heterocycles. The van der Waals surface area contributed by atoms with E-state index in [0.717, 1.165) is 18.7 Å². The zero-order valence-electron chi connectivity index (χ0n) is 14.9. The van der Waals surface area contributed by atoms with Crippen LogP contribution in [0.4, 0.5) is 5.69 Å². The third-order valence-corrected chi connectivity index (χ3v) is 5.01. The fourth-order valence-electron chi connectivity index (χ4n) is 3.58. The van der Waals surface area contributed by atoms with Gasteiger partial charge in [-0.3, -0.25) is 9.59 Å². The van der Waals surface area contributed by atoms with Crippen LogP contribution >= 0.6 is 0 Å². The standard InChI is InChI=1S/C19H27N3O3/c1-25-17-7-4-6-16(13-17)22-14-15(12-18(22)23)19(24)20-8-5-11-21-9-2-3-10-21/h4,6-7,13,15H,2-3,5,8-12,14H2,1H3,(H,20,24)/t15-/m0/s1. The first-order valence-corrected chi connectivity index (χ1v) is 9.12. The Labute approximate surface area is 149 Å². The topological polar surface area (TPSA) is 61.9 Å². The smallest absolute Gasteiger partial charge is 0.227 e. The lowest BCUT2D eigenvalue weighted by Gasteiger charge is -2.18.